The number of likely N-dealkylation sites (tertiary alicyclic amines) is 1. The molecule has 4 rings (SSSR count). The fourth-order valence-corrected chi connectivity index (χ4v) is 6.91. The maximum atomic E-state index is 13.7. The number of nitrogens with zero attached hydrogens (tertiary/aromatic N) is 3. The van der Waals surface area contributed by atoms with Crippen LogP contribution in [0.4, 0.5) is 18.9 Å². The number of phenolic OH excluding ortho intramolecular Hbond substituents is 1. The molecule has 0 saturated carbocycles. The third-order valence-corrected chi connectivity index (χ3v) is 9.69. The number of aromatic hydroxyl groups is 1. The van der Waals surface area contributed by atoms with E-state index in [-0.39, 0.29) is 63.4 Å². The van der Waals surface area contributed by atoms with Gasteiger partial charge in [0.05, 0.1) is 17.6 Å². The Morgan fingerprint density at radius 1 is 1.03 bits per heavy atom. The van der Waals surface area contributed by atoms with E-state index in [9.17, 15) is 36.7 Å². The number of hydroxylamine groups is 1. The molecule has 2 aliphatic rings. The molecule has 14 heteroatoms. The van der Waals surface area contributed by atoms with E-state index >= 15 is 0 Å². The van der Waals surface area contributed by atoms with E-state index in [0.717, 1.165) is 12.1 Å². The number of phenols is 1. The number of amides is 1. The molecule has 2 fully saturated rings. The van der Waals surface area contributed by atoms with Crippen molar-refractivity contribution >= 4 is 28.0 Å². The Balaban J connectivity index is 1.38. The van der Waals surface area contributed by atoms with Gasteiger partial charge in [-0.1, -0.05) is 0 Å². The van der Waals surface area contributed by atoms with Gasteiger partial charge in [0.2, 0.25) is 10.0 Å². The number of hydrogen-bond donors (Lipinski definition) is 3. The Morgan fingerprint density at radius 3 is 2.15 bits per heavy atom. The maximum absolute atomic E-state index is 13.7. The molecule has 0 aromatic heterocycles. The molecule has 0 unspecified atom stereocenters. The van der Waals surface area contributed by atoms with Gasteiger partial charge in [-0.2, -0.15) is 13.2 Å². The molecule has 2 aliphatic heterocycles. The second-order valence-electron chi connectivity index (χ2n) is 9.48. The highest BCUT2D eigenvalue weighted by Crippen LogP contribution is 2.36. The number of alkyl halides is 3. The zero-order chi connectivity index (χ0) is 28.3. The van der Waals surface area contributed by atoms with Crippen molar-refractivity contribution in [2.45, 2.75) is 42.7 Å². The number of piperidine rings is 2. The number of aliphatic imine (C=N–C) groups is 1. The fourth-order valence-electron chi connectivity index (χ4n) is 4.74. The second kappa shape index (κ2) is 11.4. The normalized spacial score (nSPS) is 19.2. The highest BCUT2D eigenvalue weighted by atomic mass is 32.2. The van der Waals surface area contributed by atoms with E-state index in [1.54, 1.807) is 23.4 Å². The monoisotopic (exact) mass is 570 g/mol. The molecule has 212 valence electrons. The molecule has 39 heavy (non-hydrogen) atoms. The van der Waals surface area contributed by atoms with Crippen LogP contribution in [-0.2, 0) is 21.0 Å². The topological polar surface area (TPSA) is 132 Å². The minimum Gasteiger partial charge on any atom is -0.508 e. The van der Waals surface area contributed by atoms with Gasteiger partial charge in [0.15, 0.2) is 4.75 Å². The number of benzene rings is 2. The van der Waals surface area contributed by atoms with Crippen molar-refractivity contribution in [2.75, 3.05) is 26.2 Å². The molecule has 2 heterocycles. The first kappa shape index (κ1) is 28.6. The fraction of sp³-hybridized carbons (Fsp3) is 0.440. The average Bonchev–Trinajstić information content (AvgIpc) is 2.92. The van der Waals surface area contributed by atoms with Crippen LogP contribution in [0, 0.1) is 0 Å². The lowest BCUT2D eigenvalue weighted by atomic mass is 9.95. The average molecular weight is 571 g/mol. The number of nitrogens with one attached hydrogen (secondary N) is 1. The summed E-state index contributed by atoms with van der Waals surface area (Å²) in [4.78, 5) is 18.8. The van der Waals surface area contributed by atoms with Crippen molar-refractivity contribution in [3.63, 3.8) is 0 Å². The number of carbonyl (C=O) groups is 1. The Kier molecular flexibility index (Phi) is 8.37. The minimum atomic E-state index is -4.45. The van der Waals surface area contributed by atoms with Gasteiger partial charge in [-0.05, 0) is 74.2 Å². The van der Waals surface area contributed by atoms with E-state index in [2.05, 4.69) is 4.99 Å². The summed E-state index contributed by atoms with van der Waals surface area (Å²) in [5, 5.41) is 18.8. The molecule has 0 radical (unpaired) electrons. The number of halogens is 3. The predicted octanol–water partition coefficient (Wildman–Crippen LogP) is 3.28. The van der Waals surface area contributed by atoms with Gasteiger partial charge in [0.25, 0.3) is 5.91 Å². The van der Waals surface area contributed by atoms with Gasteiger partial charge in [0.1, 0.15) is 17.6 Å². The number of sulfonamides is 1. The van der Waals surface area contributed by atoms with Crippen LogP contribution in [0.1, 0.15) is 31.2 Å². The van der Waals surface area contributed by atoms with Crippen LogP contribution >= 0.6 is 0 Å². The van der Waals surface area contributed by atoms with Gasteiger partial charge in [-0.3, -0.25) is 10.0 Å². The predicted molar refractivity (Wildman–Crippen MR) is 135 cm³/mol. The summed E-state index contributed by atoms with van der Waals surface area (Å²) in [5.74, 6) is -0.644. The van der Waals surface area contributed by atoms with Crippen LogP contribution in [0.25, 0.3) is 0 Å². The number of hydrogen-bond acceptors (Lipinski definition) is 7. The van der Waals surface area contributed by atoms with Gasteiger partial charge in [0, 0.05) is 26.2 Å². The van der Waals surface area contributed by atoms with Gasteiger partial charge in [-0.15, -0.1) is 0 Å². The summed E-state index contributed by atoms with van der Waals surface area (Å²) in [7, 11) is -4.19. The second-order valence-corrected chi connectivity index (χ2v) is 11.7. The highest BCUT2D eigenvalue weighted by Gasteiger charge is 2.55. The highest BCUT2D eigenvalue weighted by molar-refractivity contribution is 7.91. The van der Waals surface area contributed by atoms with Gasteiger partial charge < -0.3 is 14.7 Å². The molecule has 3 N–H and O–H groups in total. The van der Waals surface area contributed by atoms with Crippen LogP contribution < -0.4 is 10.2 Å². The molecular weight excluding hydrogens is 541 g/mol. The lowest BCUT2D eigenvalue weighted by Gasteiger charge is -2.42. The van der Waals surface area contributed by atoms with Crippen LogP contribution in [0.15, 0.2) is 53.5 Å². The molecule has 0 bridgehead atoms. The summed E-state index contributed by atoms with van der Waals surface area (Å²) >= 11 is 0. The molecule has 0 spiro atoms. The van der Waals surface area contributed by atoms with Gasteiger partial charge in [-0.25, -0.2) is 23.2 Å². The van der Waals surface area contributed by atoms with Gasteiger partial charge >= 0.3 is 6.18 Å². The first-order valence-electron chi connectivity index (χ1n) is 12.3. The third kappa shape index (κ3) is 6.28. The Morgan fingerprint density at radius 2 is 1.62 bits per heavy atom. The first-order chi connectivity index (χ1) is 18.4. The molecule has 0 aliphatic carbocycles. The lowest BCUT2D eigenvalue weighted by molar-refractivity contribution is -0.137. The molecule has 2 aromatic carbocycles. The van der Waals surface area contributed by atoms with E-state index in [1.807, 2.05) is 0 Å². The summed E-state index contributed by atoms with van der Waals surface area (Å²) < 4.78 is 70.9. The summed E-state index contributed by atoms with van der Waals surface area (Å²) in [5.41, 5.74) is 1.33. The summed E-state index contributed by atoms with van der Waals surface area (Å²) in [6.07, 6.45) is -2.91. The quantitative estimate of drug-likeness (QED) is 0.202. The van der Waals surface area contributed by atoms with Crippen molar-refractivity contribution in [1.29, 1.82) is 0 Å². The van der Waals surface area contributed by atoms with Crippen LogP contribution in [0.2, 0.25) is 0 Å². The number of rotatable bonds is 7. The zero-order valence-electron chi connectivity index (χ0n) is 20.8. The van der Waals surface area contributed by atoms with Crippen LogP contribution in [0.5, 0.6) is 11.5 Å². The molecule has 2 saturated heterocycles. The number of ether oxygens (including phenoxy) is 1. The maximum Gasteiger partial charge on any atom is 0.416 e. The standard InChI is InChI=1S/C25H29F3N4O6S/c26-25(27,28)18-1-7-21(8-2-18)38-22-9-13-32(14-10-22)39(36,37)24(23(34)30-35)11-15-31(16-12-24)17-29-19-3-5-20(33)6-4-19/h1-8,17,22,33,35H,9-16H2,(H,30,34). The summed E-state index contributed by atoms with van der Waals surface area (Å²) in [6, 6.07) is 10.5. The zero-order valence-corrected chi connectivity index (χ0v) is 21.7. The Labute approximate surface area is 223 Å². The molecule has 10 nitrogen and oxygen atoms in total. The van der Waals surface area contributed by atoms with Crippen molar-refractivity contribution in [1.82, 2.24) is 14.7 Å². The first-order valence-corrected chi connectivity index (χ1v) is 13.7. The third-order valence-electron chi connectivity index (χ3n) is 7.06. The van der Waals surface area contributed by atoms with Crippen molar-refractivity contribution in [3.8, 4) is 11.5 Å². The number of carbonyl (C=O) groups excluding carboxylic acids is 1. The van der Waals surface area contributed by atoms with Crippen molar-refractivity contribution < 1.29 is 41.4 Å². The van der Waals surface area contributed by atoms with Crippen LogP contribution in [-0.4, -0.2) is 77.2 Å². The van der Waals surface area contributed by atoms with E-state index in [4.69, 9.17) is 4.74 Å². The Hall–Kier alpha value is -3.36. The minimum absolute atomic E-state index is 0.0557. The molecule has 0 atom stereocenters. The van der Waals surface area contributed by atoms with Crippen molar-refractivity contribution in [3.05, 3.63) is 54.1 Å². The van der Waals surface area contributed by atoms with E-state index < -0.39 is 38.5 Å². The molecule has 2 aromatic rings. The Bertz CT molecular complexity index is 1270. The molecule has 1 amide bonds. The van der Waals surface area contributed by atoms with Crippen LogP contribution in [0.3, 0.4) is 0 Å². The largest absolute Gasteiger partial charge is 0.508 e. The summed E-state index contributed by atoms with van der Waals surface area (Å²) in [6.45, 7) is 0.504. The lowest BCUT2D eigenvalue weighted by Crippen LogP contribution is -2.62. The van der Waals surface area contributed by atoms with E-state index in [1.165, 1.54) is 34.1 Å². The van der Waals surface area contributed by atoms with E-state index in [0.29, 0.717) is 5.69 Å². The van der Waals surface area contributed by atoms with Crippen molar-refractivity contribution in [2.24, 2.45) is 4.99 Å². The molecular formula is C25H29F3N4O6S. The smallest absolute Gasteiger partial charge is 0.416 e. The SMILES string of the molecule is O=C(NO)C1(S(=O)(=O)N2CCC(Oc3ccc(C(F)(F)F)cc3)CC2)CCN(C=Nc2ccc(O)cc2)CC1.